The van der Waals surface area contributed by atoms with Crippen LogP contribution < -0.4 is 15.5 Å². The minimum absolute atomic E-state index is 0.0127. The molecule has 7 nitrogen and oxygen atoms in total. The van der Waals surface area contributed by atoms with Crippen LogP contribution in [-0.4, -0.2) is 48.3 Å². The summed E-state index contributed by atoms with van der Waals surface area (Å²) < 4.78 is 0. The van der Waals surface area contributed by atoms with E-state index in [0.717, 1.165) is 16.9 Å². The second-order valence-electron chi connectivity index (χ2n) is 7.64. The predicted molar refractivity (Wildman–Crippen MR) is 117 cm³/mol. The lowest BCUT2D eigenvalue weighted by atomic mass is 10.0. The van der Waals surface area contributed by atoms with Crippen LogP contribution in [0.3, 0.4) is 0 Å². The molecule has 0 aromatic heterocycles. The van der Waals surface area contributed by atoms with Crippen molar-refractivity contribution in [1.29, 1.82) is 0 Å². The number of anilines is 3. The van der Waals surface area contributed by atoms with Crippen molar-refractivity contribution in [2.45, 2.75) is 25.8 Å². The molecule has 2 heterocycles. The highest BCUT2D eigenvalue weighted by Crippen LogP contribution is 2.26. The molecule has 0 unspecified atom stereocenters. The lowest BCUT2D eigenvalue weighted by Gasteiger charge is -2.41. The number of carbonyl (C=O) groups is 3. The van der Waals surface area contributed by atoms with Crippen LogP contribution >= 0.6 is 11.6 Å². The van der Waals surface area contributed by atoms with Crippen LogP contribution in [0.4, 0.5) is 17.1 Å². The quantitative estimate of drug-likeness (QED) is 0.723. The molecular weight excluding hydrogens is 404 g/mol. The molecule has 1 fully saturated rings. The second kappa shape index (κ2) is 8.36. The molecule has 3 amide bonds. The Hall–Kier alpha value is -3.06. The summed E-state index contributed by atoms with van der Waals surface area (Å²) in [7, 11) is 0. The number of piperazine rings is 1. The van der Waals surface area contributed by atoms with E-state index in [1.807, 2.05) is 31.2 Å². The summed E-state index contributed by atoms with van der Waals surface area (Å²) >= 11 is 5.96. The van der Waals surface area contributed by atoms with Gasteiger partial charge >= 0.3 is 11.8 Å². The van der Waals surface area contributed by atoms with E-state index in [4.69, 9.17) is 11.6 Å². The summed E-state index contributed by atoms with van der Waals surface area (Å²) in [4.78, 5) is 40.5. The standard InChI is InChI=1S/C22H23ClN4O3/c1-14-13-26(10-11-27(14)18-6-3-16(23)4-7-18)22(30)21(29)24-17-5-8-19-15(12-17)2-9-20(28)25-19/h3-8,12,14H,2,9-11,13H2,1H3,(H,24,29)(H,25,28)/t14-/m1/s1. The Bertz CT molecular complexity index is 992. The number of halogens is 1. The highest BCUT2D eigenvalue weighted by Gasteiger charge is 2.30. The molecule has 1 saturated heterocycles. The van der Waals surface area contributed by atoms with Crippen LogP contribution in [0.2, 0.25) is 5.02 Å². The molecule has 0 spiro atoms. The summed E-state index contributed by atoms with van der Waals surface area (Å²) in [6.07, 6.45) is 1.03. The number of fused-ring (bicyclic) bond motifs is 1. The Balaban J connectivity index is 1.37. The molecule has 0 bridgehead atoms. The van der Waals surface area contributed by atoms with Gasteiger partial charge < -0.3 is 20.4 Å². The van der Waals surface area contributed by atoms with Gasteiger partial charge in [-0.05, 0) is 61.4 Å². The number of hydrogen-bond donors (Lipinski definition) is 2. The maximum atomic E-state index is 12.7. The number of benzene rings is 2. The maximum absolute atomic E-state index is 12.7. The molecule has 156 valence electrons. The summed E-state index contributed by atoms with van der Waals surface area (Å²) in [5, 5.41) is 6.18. The van der Waals surface area contributed by atoms with E-state index in [1.165, 1.54) is 0 Å². The van der Waals surface area contributed by atoms with E-state index in [2.05, 4.69) is 15.5 Å². The van der Waals surface area contributed by atoms with E-state index in [-0.39, 0.29) is 11.9 Å². The molecule has 2 aromatic rings. The minimum Gasteiger partial charge on any atom is -0.365 e. The van der Waals surface area contributed by atoms with Gasteiger partial charge in [0.25, 0.3) is 0 Å². The Kier molecular flexibility index (Phi) is 5.63. The number of nitrogens with one attached hydrogen (secondary N) is 2. The van der Waals surface area contributed by atoms with Crippen LogP contribution in [0.5, 0.6) is 0 Å². The van der Waals surface area contributed by atoms with Crippen molar-refractivity contribution in [2.24, 2.45) is 0 Å². The van der Waals surface area contributed by atoms with Gasteiger partial charge in [-0.3, -0.25) is 14.4 Å². The first-order valence-corrected chi connectivity index (χ1v) is 10.3. The SMILES string of the molecule is C[C@@H]1CN(C(=O)C(=O)Nc2ccc3c(c2)CCC(=O)N3)CCN1c1ccc(Cl)cc1. The zero-order valence-corrected chi connectivity index (χ0v) is 17.4. The van der Waals surface area contributed by atoms with Crippen LogP contribution in [0, 0.1) is 0 Å². The fourth-order valence-corrected chi connectivity index (χ4v) is 4.07. The first-order chi connectivity index (χ1) is 14.4. The van der Waals surface area contributed by atoms with Gasteiger partial charge in [0.15, 0.2) is 0 Å². The van der Waals surface area contributed by atoms with Gasteiger partial charge in [0, 0.05) is 54.2 Å². The van der Waals surface area contributed by atoms with Crippen molar-refractivity contribution < 1.29 is 14.4 Å². The third-order valence-electron chi connectivity index (χ3n) is 5.53. The molecule has 0 radical (unpaired) electrons. The number of rotatable bonds is 2. The molecule has 2 N–H and O–H groups in total. The van der Waals surface area contributed by atoms with Gasteiger partial charge in [0.2, 0.25) is 5.91 Å². The van der Waals surface area contributed by atoms with Crippen molar-refractivity contribution in [3.63, 3.8) is 0 Å². The Morgan fingerprint density at radius 1 is 1.10 bits per heavy atom. The summed E-state index contributed by atoms with van der Waals surface area (Å²) in [5.41, 5.74) is 3.30. The predicted octanol–water partition coefficient (Wildman–Crippen LogP) is 2.90. The average Bonchev–Trinajstić information content (AvgIpc) is 2.74. The lowest BCUT2D eigenvalue weighted by Crippen LogP contribution is -2.55. The summed E-state index contributed by atoms with van der Waals surface area (Å²) in [6, 6.07) is 12.9. The number of aryl methyl sites for hydroxylation is 1. The first kappa shape index (κ1) is 20.2. The van der Waals surface area contributed by atoms with E-state index in [1.54, 1.807) is 23.1 Å². The monoisotopic (exact) mass is 426 g/mol. The zero-order chi connectivity index (χ0) is 21.3. The Morgan fingerprint density at radius 2 is 1.87 bits per heavy atom. The zero-order valence-electron chi connectivity index (χ0n) is 16.7. The van der Waals surface area contributed by atoms with Crippen LogP contribution in [0.1, 0.15) is 18.9 Å². The maximum Gasteiger partial charge on any atom is 0.313 e. The van der Waals surface area contributed by atoms with Gasteiger partial charge in [-0.25, -0.2) is 0 Å². The molecule has 8 heteroatoms. The molecule has 0 aliphatic carbocycles. The van der Waals surface area contributed by atoms with Crippen molar-refractivity contribution in [3.05, 3.63) is 53.1 Å². The molecule has 1 atom stereocenters. The Labute approximate surface area is 180 Å². The van der Waals surface area contributed by atoms with E-state index < -0.39 is 11.8 Å². The Morgan fingerprint density at radius 3 is 2.60 bits per heavy atom. The fourth-order valence-electron chi connectivity index (χ4n) is 3.95. The number of hydrogen-bond acceptors (Lipinski definition) is 4. The van der Waals surface area contributed by atoms with E-state index in [9.17, 15) is 14.4 Å². The smallest absolute Gasteiger partial charge is 0.313 e. The van der Waals surface area contributed by atoms with Crippen molar-refractivity contribution in [3.8, 4) is 0 Å². The summed E-state index contributed by atoms with van der Waals surface area (Å²) in [5.74, 6) is -1.20. The fraction of sp³-hybridized carbons (Fsp3) is 0.318. The van der Waals surface area contributed by atoms with Crippen molar-refractivity contribution in [1.82, 2.24) is 4.90 Å². The lowest BCUT2D eigenvalue weighted by molar-refractivity contribution is -0.143. The number of amides is 3. The third-order valence-corrected chi connectivity index (χ3v) is 5.78. The molecule has 2 aromatic carbocycles. The average molecular weight is 427 g/mol. The van der Waals surface area contributed by atoms with Gasteiger partial charge in [0.05, 0.1) is 0 Å². The van der Waals surface area contributed by atoms with Crippen molar-refractivity contribution >= 4 is 46.4 Å². The van der Waals surface area contributed by atoms with Crippen LogP contribution in [0.25, 0.3) is 0 Å². The third kappa shape index (κ3) is 4.26. The topological polar surface area (TPSA) is 81.8 Å². The number of carbonyl (C=O) groups excluding carboxylic acids is 3. The van der Waals surface area contributed by atoms with Crippen LogP contribution in [-0.2, 0) is 20.8 Å². The molecule has 4 rings (SSSR count). The van der Waals surface area contributed by atoms with Gasteiger partial charge in [0.1, 0.15) is 0 Å². The van der Waals surface area contributed by atoms with Gasteiger partial charge in [-0.2, -0.15) is 0 Å². The first-order valence-electron chi connectivity index (χ1n) is 9.96. The summed E-state index contributed by atoms with van der Waals surface area (Å²) in [6.45, 7) is 3.60. The number of nitrogens with zero attached hydrogens (tertiary/aromatic N) is 2. The normalized spacial score (nSPS) is 18.5. The highest BCUT2D eigenvalue weighted by atomic mass is 35.5. The van der Waals surface area contributed by atoms with Gasteiger partial charge in [-0.15, -0.1) is 0 Å². The highest BCUT2D eigenvalue weighted by molar-refractivity contribution is 6.39. The molecule has 30 heavy (non-hydrogen) atoms. The van der Waals surface area contributed by atoms with E-state index in [0.29, 0.717) is 43.2 Å². The molecule has 2 aliphatic heterocycles. The minimum atomic E-state index is -0.651. The largest absolute Gasteiger partial charge is 0.365 e. The molecule has 2 aliphatic rings. The van der Waals surface area contributed by atoms with Crippen LogP contribution in [0.15, 0.2) is 42.5 Å². The molecule has 0 saturated carbocycles. The van der Waals surface area contributed by atoms with Crippen molar-refractivity contribution in [2.75, 3.05) is 35.2 Å². The van der Waals surface area contributed by atoms with Gasteiger partial charge in [-0.1, -0.05) is 11.6 Å². The second-order valence-corrected chi connectivity index (χ2v) is 8.08. The van der Waals surface area contributed by atoms with E-state index >= 15 is 0 Å². The molecular formula is C22H23ClN4O3.